The van der Waals surface area contributed by atoms with Gasteiger partial charge < -0.3 is 5.32 Å². The molecule has 4 nitrogen and oxygen atoms in total. The van der Waals surface area contributed by atoms with E-state index in [9.17, 15) is 4.79 Å². The lowest BCUT2D eigenvalue weighted by atomic mass is 9.82. The van der Waals surface area contributed by atoms with Crippen LogP contribution in [-0.4, -0.2) is 30.4 Å². The number of nitriles is 1. The summed E-state index contributed by atoms with van der Waals surface area (Å²) < 4.78 is 0. The lowest BCUT2D eigenvalue weighted by molar-refractivity contribution is -0.117. The van der Waals surface area contributed by atoms with E-state index in [1.165, 1.54) is 19.3 Å². The molecule has 0 aromatic heterocycles. The highest BCUT2D eigenvalue weighted by atomic mass is 16.2. The van der Waals surface area contributed by atoms with Gasteiger partial charge in [-0.3, -0.25) is 9.69 Å². The van der Waals surface area contributed by atoms with Crippen molar-refractivity contribution in [1.29, 1.82) is 5.26 Å². The molecule has 1 aliphatic rings. The topological polar surface area (TPSA) is 56.1 Å². The number of hydrogen-bond acceptors (Lipinski definition) is 3. The van der Waals surface area contributed by atoms with Crippen molar-refractivity contribution in [3.05, 3.63) is 29.8 Å². The number of carbonyl (C=O) groups is 1. The van der Waals surface area contributed by atoms with Gasteiger partial charge in [0.25, 0.3) is 0 Å². The largest absolute Gasteiger partial charge is 0.324 e. The van der Waals surface area contributed by atoms with Gasteiger partial charge >= 0.3 is 0 Å². The van der Waals surface area contributed by atoms with Gasteiger partial charge in [-0.2, -0.15) is 5.26 Å². The van der Waals surface area contributed by atoms with Gasteiger partial charge in [0.15, 0.2) is 0 Å². The summed E-state index contributed by atoms with van der Waals surface area (Å²) in [7, 11) is 0. The molecule has 112 valence electrons. The fourth-order valence-electron chi connectivity index (χ4n) is 3.07. The second-order valence-electron chi connectivity index (χ2n) is 5.87. The summed E-state index contributed by atoms with van der Waals surface area (Å²) in [6, 6.07) is 9.20. The van der Waals surface area contributed by atoms with Crippen LogP contribution in [0.15, 0.2) is 24.3 Å². The number of benzene rings is 1. The van der Waals surface area contributed by atoms with Crippen LogP contribution in [0, 0.1) is 16.7 Å². The van der Waals surface area contributed by atoms with Crippen molar-refractivity contribution in [2.75, 3.05) is 25.0 Å². The van der Waals surface area contributed by atoms with E-state index in [-0.39, 0.29) is 5.91 Å². The molecule has 0 radical (unpaired) electrons. The Kier molecular flexibility index (Phi) is 4.98. The molecule has 1 fully saturated rings. The smallest absolute Gasteiger partial charge is 0.238 e. The van der Waals surface area contributed by atoms with Gasteiger partial charge in [0, 0.05) is 6.54 Å². The van der Waals surface area contributed by atoms with Crippen molar-refractivity contribution < 1.29 is 4.79 Å². The Bertz CT molecular complexity index is 543. The fourth-order valence-corrected chi connectivity index (χ4v) is 3.07. The van der Waals surface area contributed by atoms with Crippen LogP contribution in [0.2, 0.25) is 0 Å². The van der Waals surface area contributed by atoms with Crippen LogP contribution in [0.4, 0.5) is 5.69 Å². The molecule has 1 saturated heterocycles. The number of carbonyl (C=O) groups excluding carboxylic acids is 1. The van der Waals surface area contributed by atoms with E-state index in [2.05, 4.69) is 30.1 Å². The lowest BCUT2D eigenvalue weighted by Crippen LogP contribution is -2.33. The third kappa shape index (κ3) is 3.62. The molecule has 2 rings (SSSR count). The molecule has 1 amide bonds. The molecule has 1 aliphatic heterocycles. The summed E-state index contributed by atoms with van der Waals surface area (Å²) in [6.07, 6.45) is 3.50. The zero-order valence-corrected chi connectivity index (χ0v) is 12.9. The van der Waals surface area contributed by atoms with Crippen molar-refractivity contribution in [1.82, 2.24) is 4.90 Å². The van der Waals surface area contributed by atoms with Crippen LogP contribution >= 0.6 is 0 Å². The minimum Gasteiger partial charge on any atom is -0.324 e. The van der Waals surface area contributed by atoms with Crippen LogP contribution in [0.5, 0.6) is 0 Å². The molecule has 4 heteroatoms. The van der Waals surface area contributed by atoms with E-state index in [0.29, 0.717) is 23.2 Å². The first-order valence-electron chi connectivity index (χ1n) is 7.64. The van der Waals surface area contributed by atoms with Crippen molar-refractivity contribution in [3.8, 4) is 6.07 Å². The monoisotopic (exact) mass is 285 g/mol. The first kappa shape index (κ1) is 15.5. The SMILES string of the molecule is CCC1(CC)CCN(CC(=O)Nc2ccccc2C#N)C1. The molecule has 0 spiro atoms. The summed E-state index contributed by atoms with van der Waals surface area (Å²) in [4.78, 5) is 14.4. The minimum atomic E-state index is -0.0410. The average Bonchev–Trinajstić information content (AvgIpc) is 2.91. The predicted molar refractivity (Wildman–Crippen MR) is 83.9 cm³/mol. The Morgan fingerprint density at radius 1 is 1.38 bits per heavy atom. The molecule has 1 N–H and O–H groups in total. The van der Waals surface area contributed by atoms with Crippen LogP contribution in [0.25, 0.3) is 0 Å². The number of nitrogens with one attached hydrogen (secondary N) is 1. The Morgan fingerprint density at radius 2 is 2.10 bits per heavy atom. The lowest BCUT2D eigenvalue weighted by Gasteiger charge is -2.26. The van der Waals surface area contributed by atoms with E-state index in [1.807, 2.05) is 6.07 Å². The summed E-state index contributed by atoms with van der Waals surface area (Å²) in [5, 5.41) is 11.9. The molecule has 1 aromatic rings. The molecule has 0 aliphatic carbocycles. The first-order chi connectivity index (χ1) is 10.1. The number of likely N-dealkylation sites (tertiary alicyclic amines) is 1. The van der Waals surface area contributed by atoms with E-state index >= 15 is 0 Å². The molecule has 1 aromatic carbocycles. The van der Waals surface area contributed by atoms with Crippen molar-refractivity contribution >= 4 is 11.6 Å². The molecule has 0 unspecified atom stereocenters. The van der Waals surface area contributed by atoms with Crippen LogP contribution in [0.3, 0.4) is 0 Å². The maximum atomic E-state index is 12.2. The quantitative estimate of drug-likeness (QED) is 0.904. The summed E-state index contributed by atoms with van der Waals surface area (Å²) >= 11 is 0. The van der Waals surface area contributed by atoms with Crippen molar-refractivity contribution in [2.45, 2.75) is 33.1 Å². The number of anilines is 1. The van der Waals surface area contributed by atoms with Crippen molar-refractivity contribution in [3.63, 3.8) is 0 Å². The second kappa shape index (κ2) is 6.73. The fraction of sp³-hybridized carbons (Fsp3) is 0.529. The van der Waals surface area contributed by atoms with Gasteiger partial charge in [0.2, 0.25) is 5.91 Å². The molecule has 0 bridgehead atoms. The summed E-state index contributed by atoms with van der Waals surface area (Å²) in [5.74, 6) is -0.0410. The number of rotatable bonds is 5. The van der Waals surface area contributed by atoms with Gasteiger partial charge in [-0.15, -0.1) is 0 Å². The number of nitrogens with zero attached hydrogens (tertiary/aromatic N) is 2. The zero-order valence-electron chi connectivity index (χ0n) is 12.9. The van der Waals surface area contributed by atoms with Gasteiger partial charge in [-0.05, 0) is 43.4 Å². The Morgan fingerprint density at radius 3 is 2.71 bits per heavy atom. The minimum absolute atomic E-state index is 0.0410. The highest BCUT2D eigenvalue weighted by Gasteiger charge is 2.35. The van der Waals surface area contributed by atoms with Crippen molar-refractivity contribution in [2.24, 2.45) is 5.41 Å². The number of amides is 1. The maximum Gasteiger partial charge on any atom is 0.238 e. The summed E-state index contributed by atoms with van der Waals surface area (Å²) in [5.41, 5.74) is 1.48. The molecule has 21 heavy (non-hydrogen) atoms. The molecular formula is C17H23N3O. The number of hydrogen-bond donors (Lipinski definition) is 1. The molecular weight excluding hydrogens is 262 g/mol. The van der Waals surface area contributed by atoms with Gasteiger partial charge in [0.05, 0.1) is 17.8 Å². The second-order valence-corrected chi connectivity index (χ2v) is 5.87. The number of para-hydroxylation sites is 1. The van der Waals surface area contributed by atoms with E-state index in [0.717, 1.165) is 13.1 Å². The Labute approximate surface area is 126 Å². The van der Waals surface area contributed by atoms with Crippen LogP contribution in [-0.2, 0) is 4.79 Å². The Balaban J connectivity index is 1.93. The van der Waals surface area contributed by atoms with Gasteiger partial charge in [-0.1, -0.05) is 26.0 Å². The third-order valence-electron chi connectivity index (χ3n) is 4.71. The predicted octanol–water partition coefficient (Wildman–Crippen LogP) is 3.01. The third-order valence-corrected chi connectivity index (χ3v) is 4.71. The van der Waals surface area contributed by atoms with Crippen LogP contribution < -0.4 is 5.32 Å². The summed E-state index contributed by atoms with van der Waals surface area (Å²) in [6.45, 7) is 6.84. The van der Waals surface area contributed by atoms with Gasteiger partial charge in [-0.25, -0.2) is 0 Å². The normalized spacial score (nSPS) is 17.4. The standard InChI is InChI=1S/C17H23N3O/c1-3-17(4-2)9-10-20(13-17)12-16(21)19-15-8-6-5-7-14(15)11-18/h5-8H,3-4,9-10,12-13H2,1-2H3,(H,19,21). The molecule has 0 saturated carbocycles. The zero-order chi connectivity index (χ0) is 15.3. The molecule has 1 heterocycles. The van der Waals surface area contributed by atoms with Gasteiger partial charge in [0.1, 0.15) is 6.07 Å². The van der Waals surface area contributed by atoms with E-state index in [1.54, 1.807) is 18.2 Å². The average molecular weight is 285 g/mol. The van der Waals surface area contributed by atoms with E-state index < -0.39 is 0 Å². The molecule has 0 atom stereocenters. The van der Waals surface area contributed by atoms with Crippen LogP contribution in [0.1, 0.15) is 38.7 Å². The highest BCUT2D eigenvalue weighted by molar-refractivity contribution is 5.93. The first-order valence-corrected chi connectivity index (χ1v) is 7.64. The van der Waals surface area contributed by atoms with E-state index in [4.69, 9.17) is 5.26 Å². The maximum absolute atomic E-state index is 12.2. The Hall–Kier alpha value is -1.86. The highest BCUT2D eigenvalue weighted by Crippen LogP contribution is 2.36.